The zero-order valence-corrected chi connectivity index (χ0v) is 19.3. The summed E-state index contributed by atoms with van der Waals surface area (Å²) in [6.45, 7) is 2.02. The molecule has 1 heterocycles. The van der Waals surface area contributed by atoms with E-state index in [0.29, 0.717) is 5.56 Å². The van der Waals surface area contributed by atoms with Crippen LogP contribution in [-0.4, -0.2) is 38.5 Å². The Morgan fingerprint density at radius 1 is 1.00 bits per heavy atom. The molecule has 2 aromatic carbocycles. The van der Waals surface area contributed by atoms with Gasteiger partial charge in [0.05, 0.1) is 26.9 Å². The average Bonchev–Trinajstić information content (AvgIpc) is 2.79. The van der Waals surface area contributed by atoms with Crippen molar-refractivity contribution in [3.05, 3.63) is 69.7 Å². The van der Waals surface area contributed by atoms with E-state index in [1.54, 1.807) is 24.3 Å². The summed E-state index contributed by atoms with van der Waals surface area (Å²) in [6, 6.07) is 14.6. The first-order valence-electron chi connectivity index (χ1n) is 9.95. The number of hydrogen-bond acceptors (Lipinski definition) is 6. The van der Waals surface area contributed by atoms with Gasteiger partial charge >= 0.3 is 11.9 Å². The Kier molecular flexibility index (Phi) is 7.28. The first kappa shape index (κ1) is 23.2. The lowest BCUT2D eigenvalue weighted by molar-refractivity contribution is -0.189. The summed E-state index contributed by atoms with van der Waals surface area (Å²) in [5.74, 6) is -2.33. The van der Waals surface area contributed by atoms with Gasteiger partial charge in [0, 0.05) is 28.8 Å². The third kappa shape index (κ3) is 4.72. The van der Waals surface area contributed by atoms with Gasteiger partial charge in [-0.05, 0) is 24.6 Å². The molecule has 0 spiro atoms. The molecular formula is C24H25BrO6. The van der Waals surface area contributed by atoms with E-state index in [1.807, 2.05) is 31.2 Å². The van der Waals surface area contributed by atoms with Gasteiger partial charge in [0.2, 0.25) is 0 Å². The topological polar surface area (TPSA) is 78.9 Å². The van der Waals surface area contributed by atoms with E-state index in [-0.39, 0.29) is 25.2 Å². The van der Waals surface area contributed by atoms with E-state index < -0.39 is 29.4 Å². The van der Waals surface area contributed by atoms with Crippen LogP contribution >= 0.6 is 15.9 Å². The standard InChI is InChI=1S/C24H25BrO6/c1-15-4-6-17(7-5-15)21-13-24(22(27)29-2,23(28)30-3)18(14-31-21)12-20(26)16-8-10-19(25)11-9-16/h4-11,18,21H,12-14H2,1-3H3/t18-,21+/m0/s1. The number of carbonyl (C=O) groups is 3. The lowest BCUT2D eigenvalue weighted by atomic mass is 9.67. The van der Waals surface area contributed by atoms with Crippen molar-refractivity contribution >= 4 is 33.7 Å². The molecule has 0 aromatic heterocycles. The zero-order chi connectivity index (χ0) is 22.6. The van der Waals surface area contributed by atoms with Crippen LogP contribution in [-0.2, 0) is 23.8 Å². The molecule has 0 bridgehead atoms. The number of carbonyl (C=O) groups excluding carboxylic acids is 3. The molecule has 0 radical (unpaired) electrons. The number of aryl methyl sites for hydroxylation is 1. The van der Waals surface area contributed by atoms with Crippen LogP contribution in [0.25, 0.3) is 0 Å². The zero-order valence-electron chi connectivity index (χ0n) is 17.7. The summed E-state index contributed by atoms with van der Waals surface area (Å²) in [4.78, 5) is 38.9. The minimum absolute atomic E-state index is 0.0354. The summed E-state index contributed by atoms with van der Waals surface area (Å²) in [5, 5.41) is 0. The van der Waals surface area contributed by atoms with Gasteiger partial charge in [-0.15, -0.1) is 0 Å². The van der Waals surface area contributed by atoms with Crippen LogP contribution in [0.1, 0.15) is 40.4 Å². The van der Waals surface area contributed by atoms with Crippen LogP contribution in [0.4, 0.5) is 0 Å². The van der Waals surface area contributed by atoms with Crippen LogP contribution < -0.4 is 0 Å². The molecule has 1 saturated heterocycles. The molecular weight excluding hydrogens is 464 g/mol. The van der Waals surface area contributed by atoms with E-state index in [2.05, 4.69) is 15.9 Å². The molecule has 1 fully saturated rings. The Morgan fingerprint density at radius 3 is 2.13 bits per heavy atom. The third-order valence-corrected chi connectivity index (χ3v) is 6.38. The third-order valence-electron chi connectivity index (χ3n) is 5.85. The number of halogens is 1. The molecule has 1 aliphatic heterocycles. The van der Waals surface area contributed by atoms with Gasteiger partial charge in [0.25, 0.3) is 0 Å². The molecule has 0 N–H and O–H groups in total. The van der Waals surface area contributed by atoms with Gasteiger partial charge in [-0.25, -0.2) is 0 Å². The minimum Gasteiger partial charge on any atom is -0.468 e. The Labute approximate surface area is 190 Å². The molecule has 0 saturated carbocycles. The number of hydrogen-bond donors (Lipinski definition) is 0. The molecule has 31 heavy (non-hydrogen) atoms. The second-order valence-corrected chi connectivity index (χ2v) is 8.64. The second kappa shape index (κ2) is 9.75. The number of ketones is 1. The lowest BCUT2D eigenvalue weighted by Crippen LogP contribution is -2.53. The number of rotatable bonds is 6. The van der Waals surface area contributed by atoms with E-state index in [9.17, 15) is 14.4 Å². The summed E-state index contributed by atoms with van der Waals surface area (Å²) in [6.07, 6.45) is -0.516. The van der Waals surface area contributed by atoms with Crippen LogP contribution in [0, 0.1) is 18.3 Å². The first-order chi connectivity index (χ1) is 14.8. The quantitative estimate of drug-likeness (QED) is 0.339. The van der Waals surface area contributed by atoms with Gasteiger partial charge in [-0.3, -0.25) is 14.4 Å². The highest BCUT2D eigenvalue weighted by Crippen LogP contribution is 2.47. The van der Waals surface area contributed by atoms with Crippen molar-refractivity contribution in [3.8, 4) is 0 Å². The fraction of sp³-hybridized carbons (Fsp3) is 0.375. The number of Topliss-reactive ketones (excluding diaryl/α,β-unsaturated/α-hetero) is 1. The van der Waals surface area contributed by atoms with Gasteiger partial charge in [-0.1, -0.05) is 57.9 Å². The van der Waals surface area contributed by atoms with Gasteiger partial charge in [-0.2, -0.15) is 0 Å². The molecule has 0 aliphatic carbocycles. The van der Waals surface area contributed by atoms with Crippen molar-refractivity contribution in [3.63, 3.8) is 0 Å². The fourth-order valence-corrected chi connectivity index (χ4v) is 4.31. The maximum absolute atomic E-state index is 13.0. The monoisotopic (exact) mass is 488 g/mol. The summed E-state index contributed by atoms with van der Waals surface area (Å²) >= 11 is 3.35. The van der Waals surface area contributed by atoms with Crippen molar-refractivity contribution < 1.29 is 28.6 Å². The number of methoxy groups -OCH3 is 2. The Bertz CT molecular complexity index is 935. The molecule has 2 atom stereocenters. The van der Waals surface area contributed by atoms with Crippen molar-refractivity contribution in [1.29, 1.82) is 0 Å². The maximum Gasteiger partial charge on any atom is 0.323 e. The largest absolute Gasteiger partial charge is 0.468 e. The number of benzene rings is 2. The van der Waals surface area contributed by atoms with Crippen molar-refractivity contribution in [2.75, 3.05) is 20.8 Å². The van der Waals surface area contributed by atoms with E-state index in [0.717, 1.165) is 15.6 Å². The first-order valence-corrected chi connectivity index (χ1v) is 10.7. The summed E-state index contributed by atoms with van der Waals surface area (Å²) in [7, 11) is 2.47. The molecule has 164 valence electrons. The minimum atomic E-state index is -1.64. The van der Waals surface area contributed by atoms with E-state index in [1.165, 1.54) is 14.2 Å². The molecule has 3 rings (SSSR count). The molecule has 6 nitrogen and oxygen atoms in total. The molecule has 0 amide bonds. The predicted octanol–water partition coefficient (Wildman–Crippen LogP) is 4.44. The fourth-order valence-electron chi connectivity index (χ4n) is 4.05. The normalized spacial score (nSPS) is 20.0. The predicted molar refractivity (Wildman–Crippen MR) is 118 cm³/mol. The molecule has 0 unspecified atom stereocenters. The van der Waals surface area contributed by atoms with Crippen LogP contribution in [0.2, 0.25) is 0 Å². The summed E-state index contributed by atoms with van der Waals surface area (Å²) < 4.78 is 17.0. The highest BCUT2D eigenvalue weighted by molar-refractivity contribution is 9.10. The maximum atomic E-state index is 13.0. The van der Waals surface area contributed by atoms with Crippen LogP contribution in [0.5, 0.6) is 0 Å². The van der Waals surface area contributed by atoms with Gasteiger partial charge < -0.3 is 14.2 Å². The van der Waals surface area contributed by atoms with Crippen molar-refractivity contribution in [2.45, 2.75) is 25.9 Å². The Balaban J connectivity index is 1.95. The SMILES string of the molecule is COC(=O)C1(C(=O)OC)C[C@H](c2ccc(C)cc2)OC[C@@H]1CC(=O)c1ccc(Br)cc1. The lowest BCUT2D eigenvalue weighted by Gasteiger charge is -2.42. The van der Waals surface area contributed by atoms with Crippen molar-refractivity contribution in [2.24, 2.45) is 11.3 Å². The van der Waals surface area contributed by atoms with Crippen LogP contribution in [0.3, 0.4) is 0 Å². The van der Waals surface area contributed by atoms with E-state index >= 15 is 0 Å². The second-order valence-electron chi connectivity index (χ2n) is 7.72. The molecule has 7 heteroatoms. The average molecular weight is 489 g/mol. The van der Waals surface area contributed by atoms with Crippen molar-refractivity contribution in [1.82, 2.24) is 0 Å². The molecule has 2 aromatic rings. The molecule has 1 aliphatic rings. The van der Waals surface area contributed by atoms with Gasteiger partial charge in [0.1, 0.15) is 0 Å². The van der Waals surface area contributed by atoms with Gasteiger partial charge in [0.15, 0.2) is 11.2 Å². The van der Waals surface area contributed by atoms with E-state index in [4.69, 9.17) is 14.2 Å². The smallest absolute Gasteiger partial charge is 0.323 e. The number of esters is 2. The van der Waals surface area contributed by atoms with Crippen LogP contribution in [0.15, 0.2) is 53.0 Å². The Morgan fingerprint density at radius 2 is 1.58 bits per heavy atom. The Hall–Kier alpha value is -2.51. The number of ether oxygens (including phenoxy) is 3. The highest BCUT2D eigenvalue weighted by atomic mass is 79.9. The highest BCUT2D eigenvalue weighted by Gasteiger charge is 2.58. The summed E-state index contributed by atoms with van der Waals surface area (Å²) in [5.41, 5.74) is 0.792.